The van der Waals surface area contributed by atoms with Crippen LogP contribution in [0.5, 0.6) is 0 Å². The molecular weight excluding hydrogens is 315 g/mol. The first-order valence-electron chi connectivity index (χ1n) is 9.63. The second-order valence-electron chi connectivity index (χ2n) is 6.88. The lowest BCUT2D eigenvalue weighted by Gasteiger charge is -2.28. The van der Waals surface area contributed by atoms with Crippen molar-refractivity contribution < 1.29 is 9.53 Å². The molecule has 0 saturated carbocycles. The van der Waals surface area contributed by atoms with Gasteiger partial charge in [0.25, 0.3) is 0 Å². The van der Waals surface area contributed by atoms with E-state index in [-0.39, 0.29) is 5.97 Å². The number of rotatable bonds is 12. The predicted molar refractivity (Wildman–Crippen MR) is 108 cm³/mol. The Morgan fingerprint density at radius 2 is 1.42 bits per heavy atom. The first-order valence-corrected chi connectivity index (χ1v) is 12.2. The van der Waals surface area contributed by atoms with Crippen molar-refractivity contribution in [1.82, 2.24) is 0 Å². The van der Waals surface area contributed by atoms with Crippen LogP contribution in [0, 0.1) is 0 Å². The van der Waals surface area contributed by atoms with E-state index in [1.807, 2.05) is 12.1 Å². The van der Waals surface area contributed by atoms with E-state index < -0.39 is 7.26 Å². The highest BCUT2D eigenvalue weighted by Gasteiger charge is 2.36. The van der Waals surface area contributed by atoms with Crippen molar-refractivity contribution in [3.8, 4) is 0 Å². The monoisotopic (exact) mass is 351 g/mol. The minimum Gasteiger partial charge on any atom is -0.465 e. The maximum absolute atomic E-state index is 12.2. The molecule has 0 fully saturated rings. The van der Waals surface area contributed by atoms with E-state index in [0.29, 0.717) is 0 Å². The fourth-order valence-electron chi connectivity index (χ4n) is 3.38. The van der Waals surface area contributed by atoms with E-state index in [0.717, 1.165) is 11.7 Å². The zero-order valence-corrected chi connectivity index (χ0v) is 17.0. The van der Waals surface area contributed by atoms with E-state index in [2.05, 4.69) is 32.9 Å². The highest BCUT2D eigenvalue weighted by molar-refractivity contribution is 7.75. The van der Waals surface area contributed by atoms with Crippen LogP contribution in [0.15, 0.2) is 24.3 Å². The number of esters is 1. The van der Waals surface area contributed by atoms with Crippen LogP contribution in [0.2, 0.25) is 0 Å². The lowest BCUT2D eigenvalue weighted by atomic mass is 10.1. The molecule has 2 nitrogen and oxygen atoms in total. The molecule has 0 amide bonds. The number of ether oxygens (including phenoxy) is 1. The van der Waals surface area contributed by atoms with E-state index in [1.165, 1.54) is 69.7 Å². The minimum atomic E-state index is -1.05. The smallest absolute Gasteiger partial charge is 0.338 e. The molecule has 136 valence electrons. The van der Waals surface area contributed by atoms with Crippen molar-refractivity contribution in [2.75, 3.05) is 25.6 Å². The Labute approximate surface area is 149 Å². The SMILES string of the molecule is CCCC[P+](CCCC)(CCCC)Cc1ccccc1C(=O)OC. The minimum absolute atomic E-state index is 0.190. The maximum atomic E-state index is 12.2. The molecule has 1 aromatic rings. The van der Waals surface area contributed by atoms with Crippen LogP contribution in [0.25, 0.3) is 0 Å². The van der Waals surface area contributed by atoms with E-state index in [9.17, 15) is 4.79 Å². The van der Waals surface area contributed by atoms with Gasteiger partial charge in [-0.2, -0.15) is 0 Å². The molecular formula is C21H36O2P+. The van der Waals surface area contributed by atoms with Crippen LogP contribution in [0.4, 0.5) is 0 Å². The molecule has 0 aliphatic rings. The summed E-state index contributed by atoms with van der Waals surface area (Å²) >= 11 is 0. The van der Waals surface area contributed by atoms with Crippen LogP contribution in [0.3, 0.4) is 0 Å². The second-order valence-corrected chi connectivity index (χ2v) is 11.2. The van der Waals surface area contributed by atoms with Gasteiger partial charge in [-0.3, -0.25) is 0 Å². The highest BCUT2D eigenvalue weighted by atomic mass is 31.2. The topological polar surface area (TPSA) is 26.3 Å². The molecule has 0 aliphatic heterocycles. The van der Waals surface area contributed by atoms with Crippen LogP contribution in [-0.2, 0) is 10.9 Å². The van der Waals surface area contributed by atoms with E-state index >= 15 is 0 Å². The number of benzene rings is 1. The molecule has 0 N–H and O–H groups in total. The van der Waals surface area contributed by atoms with Gasteiger partial charge >= 0.3 is 5.97 Å². The fraction of sp³-hybridized carbons (Fsp3) is 0.667. The summed E-state index contributed by atoms with van der Waals surface area (Å²) in [6.07, 6.45) is 13.0. The molecule has 1 rings (SSSR count). The van der Waals surface area contributed by atoms with Gasteiger partial charge in [0.05, 0.1) is 37.3 Å². The average molecular weight is 351 g/mol. The normalized spacial score (nSPS) is 11.5. The molecule has 0 bridgehead atoms. The average Bonchev–Trinajstić information content (AvgIpc) is 2.62. The number of hydrogen-bond acceptors (Lipinski definition) is 2. The zero-order chi connectivity index (χ0) is 17.8. The summed E-state index contributed by atoms with van der Waals surface area (Å²) < 4.78 is 5.01. The molecule has 0 heterocycles. The Morgan fingerprint density at radius 1 is 0.917 bits per heavy atom. The molecule has 0 spiro atoms. The zero-order valence-electron chi connectivity index (χ0n) is 16.1. The van der Waals surface area contributed by atoms with Crippen molar-refractivity contribution >= 4 is 13.2 Å². The largest absolute Gasteiger partial charge is 0.465 e. The van der Waals surface area contributed by atoms with Crippen molar-refractivity contribution in [2.24, 2.45) is 0 Å². The summed E-state index contributed by atoms with van der Waals surface area (Å²) in [5.74, 6) is -0.190. The molecule has 0 aromatic heterocycles. The Morgan fingerprint density at radius 3 is 1.88 bits per heavy atom. The standard InChI is InChI=1S/C21H36O2P/c1-5-8-15-24(16-9-6-2,17-10-7-3)18-19-13-11-12-14-20(19)21(22)23-4/h11-14H,5-10,15-18H2,1-4H3/q+1. The van der Waals surface area contributed by atoms with Gasteiger partial charge in [0.2, 0.25) is 0 Å². The quantitative estimate of drug-likeness (QED) is 0.322. The summed E-state index contributed by atoms with van der Waals surface area (Å²) in [4.78, 5) is 12.2. The second kappa shape index (κ2) is 11.6. The Kier molecular flexibility index (Phi) is 10.3. The van der Waals surface area contributed by atoms with Crippen LogP contribution < -0.4 is 0 Å². The maximum Gasteiger partial charge on any atom is 0.338 e. The lowest BCUT2D eigenvalue weighted by Crippen LogP contribution is -2.14. The van der Waals surface area contributed by atoms with E-state index in [1.54, 1.807) is 0 Å². The van der Waals surface area contributed by atoms with Gasteiger partial charge in [-0.1, -0.05) is 58.2 Å². The number of carbonyl (C=O) groups excluding carboxylic acids is 1. The van der Waals surface area contributed by atoms with Gasteiger partial charge in [-0.05, 0) is 25.3 Å². The molecule has 0 saturated heterocycles. The number of methoxy groups -OCH3 is 1. The summed E-state index contributed by atoms with van der Waals surface area (Å²) in [6.45, 7) is 6.87. The molecule has 0 aliphatic carbocycles. The Hall–Kier alpha value is -0.880. The number of unbranched alkanes of at least 4 members (excludes halogenated alkanes) is 3. The molecule has 0 atom stereocenters. The molecule has 24 heavy (non-hydrogen) atoms. The van der Waals surface area contributed by atoms with Gasteiger partial charge < -0.3 is 4.74 Å². The van der Waals surface area contributed by atoms with Crippen LogP contribution >= 0.6 is 7.26 Å². The van der Waals surface area contributed by atoms with Crippen LogP contribution in [0.1, 0.15) is 75.2 Å². The summed E-state index contributed by atoms with van der Waals surface area (Å²) in [6, 6.07) is 8.08. The first-order chi connectivity index (χ1) is 11.6. The molecule has 3 heteroatoms. The fourth-order valence-corrected chi connectivity index (χ4v) is 8.49. The third-order valence-electron chi connectivity index (χ3n) is 4.89. The van der Waals surface area contributed by atoms with Gasteiger partial charge in [0.1, 0.15) is 0 Å². The third kappa shape index (κ3) is 6.55. The third-order valence-corrected chi connectivity index (χ3v) is 9.69. The van der Waals surface area contributed by atoms with Crippen molar-refractivity contribution in [2.45, 2.75) is 65.5 Å². The van der Waals surface area contributed by atoms with Gasteiger partial charge in [0.15, 0.2) is 0 Å². The van der Waals surface area contributed by atoms with Gasteiger partial charge in [-0.25, -0.2) is 4.79 Å². The predicted octanol–water partition coefficient (Wildman–Crippen LogP) is 6.39. The molecule has 1 aromatic carbocycles. The first kappa shape index (κ1) is 21.2. The van der Waals surface area contributed by atoms with Gasteiger partial charge in [-0.15, -0.1) is 0 Å². The number of carbonyl (C=O) groups is 1. The van der Waals surface area contributed by atoms with Crippen molar-refractivity contribution in [3.63, 3.8) is 0 Å². The number of hydrogen-bond donors (Lipinski definition) is 0. The highest BCUT2D eigenvalue weighted by Crippen LogP contribution is 2.63. The van der Waals surface area contributed by atoms with Crippen molar-refractivity contribution in [1.29, 1.82) is 0 Å². The summed E-state index contributed by atoms with van der Waals surface area (Å²) in [5, 5.41) is 0. The van der Waals surface area contributed by atoms with Crippen LogP contribution in [-0.4, -0.2) is 31.6 Å². The Bertz CT molecular complexity index is 463. The molecule has 0 unspecified atom stereocenters. The van der Waals surface area contributed by atoms with Gasteiger partial charge in [0, 0.05) is 12.8 Å². The van der Waals surface area contributed by atoms with Crippen molar-refractivity contribution in [3.05, 3.63) is 35.4 Å². The van der Waals surface area contributed by atoms with E-state index in [4.69, 9.17) is 4.74 Å². The molecule has 0 radical (unpaired) electrons. The summed E-state index contributed by atoms with van der Waals surface area (Å²) in [5.41, 5.74) is 1.98. The summed E-state index contributed by atoms with van der Waals surface area (Å²) in [7, 11) is 0.426. The Balaban J connectivity index is 3.11. The lowest BCUT2D eigenvalue weighted by molar-refractivity contribution is 0.0600.